The standard InChI is InChI=1S/C21H23N3O3S2/c1-4-27-14-10-8-13(9-11-14)24-20(26)17-15-6-5-7-16(15)29-19(17)23-21(24)28-12(2)18(25)22-3/h8-12H,4-7H2,1-3H3,(H,22,25). The molecule has 0 saturated heterocycles. The van der Waals surface area contributed by atoms with E-state index in [-0.39, 0.29) is 16.7 Å². The lowest BCUT2D eigenvalue weighted by atomic mass is 10.2. The van der Waals surface area contributed by atoms with Gasteiger partial charge in [-0.05, 0) is 62.9 Å². The second-order valence-corrected chi connectivity index (χ2v) is 9.27. The van der Waals surface area contributed by atoms with Crippen LogP contribution in [0, 0.1) is 0 Å². The Morgan fingerprint density at radius 3 is 2.79 bits per heavy atom. The molecule has 1 aromatic carbocycles. The van der Waals surface area contributed by atoms with Gasteiger partial charge in [0.15, 0.2) is 5.16 Å². The molecule has 0 fully saturated rings. The van der Waals surface area contributed by atoms with Crippen molar-refractivity contribution in [2.24, 2.45) is 0 Å². The lowest BCUT2D eigenvalue weighted by molar-refractivity contribution is -0.119. The number of aryl methyl sites for hydroxylation is 2. The van der Waals surface area contributed by atoms with Gasteiger partial charge in [-0.1, -0.05) is 11.8 Å². The summed E-state index contributed by atoms with van der Waals surface area (Å²) >= 11 is 2.91. The van der Waals surface area contributed by atoms with E-state index in [1.165, 1.54) is 16.6 Å². The number of carbonyl (C=O) groups is 1. The second kappa shape index (κ2) is 8.20. The van der Waals surface area contributed by atoms with E-state index in [4.69, 9.17) is 9.72 Å². The predicted molar refractivity (Wildman–Crippen MR) is 118 cm³/mol. The van der Waals surface area contributed by atoms with Crippen LogP contribution in [0.2, 0.25) is 0 Å². The quantitative estimate of drug-likeness (QED) is 0.479. The fraction of sp³-hybridized carbons (Fsp3) is 0.381. The fourth-order valence-electron chi connectivity index (χ4n) is 3.60. The van der Waals surface area contributed by atoms with E-state index in [1.54, 1.807) is 23.0 Å². The lowest BCUT2D eigenvalue weighted by Crippen LogP contribution is -2.29. The monoisotopic (exact) mass is 429 g/mol. The van der Waals surface area contributed by atoms with Gasteiger partial charge in [-0.25, -0.2) is 4.98 Å². The number of amides is 1. The molecule has 29 heavy (non-hydrogen) atoms. The van der Waals surface area contributed by atoms with Gasteiger partial charge in [0.2, 0.25) is 5.91 Å². The number of rotatable bonds is 6. The minimum Gasteiger partial charge on any atom is -0.494 e. The second-order valence-electron chi connectivity index (χ2n) is 6.87. The molecule has 0 bridgehead atoms. The number of thioether (sulfide) groups is 1. The zero-order valence-electron chi connectivity index (χ0n) is 16.7. The van der Waals surface area contributed by atoms with Gasteiger partial charge in [0.05, 0.1) is 22.9 Å². The summed E-state index contributed by atoms with van der Waals surface area (Å²) in [4.78, 5) is 32.5. The van der Waals surface area contributed by atoms with Crippen LogP contribution in [0.4, 0.5) is 0 Å². The molecule has 0 radical (unpaired) electrons. The van der Waals surface area contributed by atoms with Crippen molar-refractivity contribution in [3.05, 3.63) is 45.1 Å². The molecule has 6 nitrogen and oxygen atoms in total. The van der Waals surface area contributed by atoms with Crippen LogP contribution in [-0.2, 0) is 17.6 Å². The third-order valence-electron chi connectivity index (χ3n) is 5.01. The molecule has 1 N–H and O–H groups in total. The van der Waals surface area contributed by atoms with Crippen LogP contribution < -0.4 is 15.6 Å². The molecule has 4 rings (SSSR count). The first-order chi connectivity index (χ1) is 14.0. The third kappa shape index (κ3) is 3.67. The Labute approximate surface area is 177 Å². The summed E-state index contributed by atoms with van der Waals surface area (Å²) in [5.41, 5.74) is 1.81. The maximum Gasteiger partial charge on any atom is 0.267 e. The van der Waals surface area contributed by atoms with Crippen LogP contribution in [0.3, 0.4) is 0 Å². The zero-order chi connectivity index (χ0) is 20.5. The van der Waals surface area contributed by atoms with Crippen LogP contribution in [0.25, 0.3) is 15.9 Å². The molecule has 2 aromatic heterocycles. The van der Waals surface area contributed by atoms with Gasteiger partial charge in [0.25, 0.3) is 5.56 Å². The van der Waals surface area contributed by atoms with Crippen molar-refractivity contribution in [3.8, 4) is 11.4 Å². The Morgan fingerprint density at radius 1 is 1.34 bits per heavy atom. The van der Waals surface area contributed by atoms with Gasteiger partial charge in [0, 0.05) is 11.9 Å². The number of benzene rings is 1. The topological polar surface area (TPSA) is 73.2 Å². The van der Waals surface area contributed by atoms with Gasteiger partial charge in [-0.2, -0.15) is 0 Å². The summed E-state index contributed by atoms with van der Waals surface area (Å²) in [7, 11) is 1.61. The maximum absolute atomic E-state index is 13.6. The number of thiophene rings is 1. The number of fused-ring (bicyclic) bond motifs is 3. The van der Waals surface area contributed by atoms with E-state index in [9.17, 15) is 9.59 Å². The molecule has 1 atom stereocenters. The van der Waals surface area contributed by atoms with Crippen LogP contribution >= 0.6 is 23.1 Å². The Kier molecular flexibility index (Phi) is 5.65. The molecule has 0 spiro atoms. The highest BCUT2D eigenvalue weighted by Gasteiger charge is 2.25. The Morgan fingerprint density at radius 2 is 2.10 bits per heavy atom. The Balaban J connectivity index is 1.89. The van der Waals surface area contributed by atoms with Crippen LogP contribution in [0.1, 0.15) is 30.7 Å². The molecule has 1 aliphatic carbocycles. The zero-order valence-corrected chi connectivity index (χ0v) is 18.3. The van der Waals surface area contributed by atoms with Gasteiger partial charge < -0.3 is 10.1 Å². The number of hydrogen-bond donors (Lipinski definition) is 1. The summed E-state index contributed by atoms with van der Waals surface area (Å²) in [6.45, 7) is 4.33. The molecule has 1 amide bonds. The van der Waals surface area contributed by atoms with Crippen molar-refractivity contribution < 1.29 is 9.53 Å². The molecule has 8 heteroatoms. The van der Waals surface area contributed by atoms with E-state index in [0.29, 0.717) is 11.8 Å². The average Bonchev–Trinajstić information content (AvgIpc) is 3.29. The first kappa shape index (κ1) is 20.0. The molecular formula is C21H23N3O3S2. The summed E-state index contributed by atoms with van der Waals surface area (Å²) in [5.74, 6) is 0.652. The van der Waals surface area contributed by atoms with E-state index in [1.807, 2.05) is 38.1 Å². The summed E-state index contributed by atoms with van der Waals surface area (Å²) in [5, 5.41) is 3.55. The molecular weight excluding hydrogens is 406 g/mol. The molecule has 1 unspecified atom stereocenters. The van der Waals surface area contributed by atoms with Crippen molar-refractivity contribution >= 4 is 39.2 Å². The highest BCUT2D eigenvalue weighted by atomic mass is 32.2. The minimum absolute atomic E-state index is 0.0647. The summed E-state index contributed by atoms with van der Waals surface area (Å²) < 4.78 is 7.16. The largest absolute Gasteiger partial charge is 0.494 e. The molecule has 1 aliphatic rings. The van der Waals surface area contributed by atoms with E-state index in [2.05, 4.69) is 5.32 Å². The van der Waals surface area contributed by atoms with Crippen molar-refractivity contribution in [2.45, 2.75) is 43.5 Å². The van der Waals surface area contributed by atoms with Gasteiger partial charge in [-0.15, -0.1) is 11.3 Å². The molecule has 2 heterocycles. The fourth-order valence-corrected chi connectivity index (χ4v) is 5.89. The van der Waals surface area contributed by atoms with E-state index >= 15 is 0 Å². The number of aromatic nitrogens is 2. The van der Waals surface area contributed by atoms with Crippen molar-refractivity contribution in [2.75, 3.05) is 13.7 Å². The van der Waals surface area contributed by atoms with Gasteiger partial charge in [0.1, 0.15) is 10.6 Å². The predicted octanol–water partition coefficient (Wildman–Crippen LogP) is 3.56. The molecule has 0 saturated carbocycles. The van der Waals surface area contributed by atoms with Crippen molar-refractivity contribution in [1.29, 1.82) is 0 Å². The van der Waals surface area contributed by atoms with Crippen LogP contribution in [0.5, 0.6) is 5.75 Å². The van der Waals surface area contributed by atoms with E-state index < -0.39 is 0 Å². The highest BCUT2D eigenvalue weighted by molar-refractivity contribution is 8.00. The Bertz CT molecular complexity index is 1120. The van der Waals surface area contributed by atoms with Gasteiger partial charge >= 0.3 is 0 Å². The van der Waals surface area contributed by atoms with Gasteiger partial charge in [-0.3, -0.25) is 14.2 Å². The third-order valence-corrected chi connectivity index (χ3v) is 7.25. The average molecular weight is 430 g/mol. The molecule has 3 aromatic rings. The minimum atomic E-state index is -0.370. The normalized spacial score (nSPS) is 14.0. The number of ether oxygens (including phenoxy) is 1. The number of nitrogens with one attached hydrogen (secondary N) is 1. The lowest BCUT2D eigenvalue weighted by Gasteiger charge is -2.15. The summed E-state index contributed by atoms with van der Waals surface area (Å²) in [6.07, 6.45) is 3.02. The first-order valence-electron chi connectivity index (χ1n) is 9.72. The highest BCUT2D eigenvalue weighted by Crippen LogP contribution is 2.36. The number of carbonyl (C=O) groups excluding carboxylic acids is 1. The van der Waals surface area contributed by atoms with Crippen molar-refractivity contribution in [1.82, 2.24) is 14.9 Å². The Hall–Kier alpha value is -2.32. The first-order valence-corrected chi connectivity index (χ1v) is 11.4. The van der Waals surface area contributed by atoms with Crippen LogP contribution in [-0.4, -0.2) is 34.4 Å². The van der Waals surface area contributed by atoms with Crippen molar-refractivity contribution in [3.63, 3.8) is 0 Å². The summed E-state index contributed by atoms with van der Waals surface area (Å²) in [6, 6.07) is 7.43. The molecule has 152 valence electrons. The van der Waals surface area contributed by atoms with E-state index in [0.717, 1.165) is 46.5 Å². The molecule has 0 aliphatic heterocycles. The number of nitrogens with zero attached hydrogens (tertiary/aromatic N) is 2. The SMILES string of the molecule is CCOc1ccc(-n2c(SC(C)C(=O)NC)nc3sc4c(c3c2=O)CCC4)cc1. The maximum atomic E-state index is 13.6. The number of hydrogen-bond acceptors (Lipinski definition) is 6. The smallest absolute Gasteiger partial charge is 0.267 e. The van der Waals surface area contributed by atoms with Crippen LogP contribution in [0.15, 0.2) is 34.2 Å².